The van der Waals surface area contributed by atoms with Crippen molar-refractivity contribution in [3.05, 3.63) is 33.4 Å². The minimum Gasteiger partial charge on any atom is -0.493 e. The number of nitrogens with zero attached hydrogens (tertiary/aromatic N) is 1. The molecule has 20 heavy (non-hydrogen) atoms. The number of benzene rings is 1. The summed E-state index contributed by atoms with van der Waals surface area (Å²) < 4.78 is 13.2. The molecule has 1 amide bonds. The van der Waals surface area contributed by atoms with Gasteiger partial charge < -0.3 is 10.1 Å². The molecule has 0 heterocycles. The van der Waals surface area contributed by atoms with Gasteiger partial charge in [-0.15, -0.1) is 0 Å². The fourth-order valence-corrected chi connectivity index (χ4v) is 1.78. The van der Waals surface area contributed by atoms with Crippen molar-refractivity contribution in [1.29, 1.82) is 0 Å². The first-order chi connectivity index (χ1) is 9.86. The van der Waals surface area contributed by atoms with Gasteiger partial charge in [-0.3, -0.25) is 14.9 Å². The van der Waals surface area contributed by atoms with Crippen LogP contribution >= 0.6 is 0 Å². The minimum absolute atomic E-state index is 0.0697. The van der Waals surface area contributed by atoms with Gasteiger partial charge in [-0.2, -0.15) is 0 Å². The molecule has 0 bridgehead atoms. The summed E-state index contributed by atoms with van der Waals surface area (Å²) in [7, 11) is 1.57. The normalized spacial score (nSPS) is 12.4. The number of amides is 1. The van der Waals surface area contributed by atoms with E-state index in [9.17, 15) is 14.9 Å². The Hall–Kier alpha value is -2.11. The summed E-state index contributed by atoms with van der Waals surface area (Å²) in [5, 5.41) is 13.6. The van der Waals surface area contributed by atoms with Gasteiger partial charge in [0.05, 0.1) is 17.6 Å². The van der Waals surface area contributed by atoms with Crippen molar-refractivity contribution in [3.8, 4) is 5.75 Å². The molecule has 1 atom stereocenters. The van der Waals surface area contributed by atoms with E-state index in [1.165, 1.54) is 6.07 Å². The molecule has 1 unspecified atom stereocenters. The van der Waals surface area contributed by atoms with Crippen LogP contribution in [0.25, 0.3) is 0 Å². The number of nitrogens with one attached hydrogen (secondary N) is 1. The summed E-state index contributed by atoms with van der Waals surface area (Å²) in [6, 6.07) is 2.97. The molecular formula is C14H20N2O4. The third kappa shape index (κ3) is 4.22. The lowest BCUT2D eigenvalue weighted by Gasteiger charge is -2.10. The van der Waals surface area contributed by atoms with E-state index in [0.717, 1.165) is 5.56 Å². The highest BCUT2D eigenvalue weighted by atomic mass is 16.6. The van der Waals surface area contributed by atoms with Gasteiger partial charge in [0.15, 0.2) is 0 Å². The van der Waals surface area contributed by atoms with Crippen LogP contribution < -0.4 is 10.1 Å². The van der Waals surface area contributed by atoms with Crippen LogP contribution in [0.5, 0.6) is 5.75 Å². The van der Waals surface area contributed by atoms with Crippen LogP contribution in [0.2, 0.25) is 0 Å². The van der Waals surface area contributed by atoms with Gasteiger partial charge in [0.25, 0.3) is 5.69 Å². The largest absolute Gasteiger partial charge is 0.493 e. The molecule has 1 aromatic carbocycles. The van der Waals surface area contributed by atoms with Crippen molar-refractivity contribution < 1.29 is 15.8 Å². The van der Waals surface area contributed by atoms with Crippen molar-refractivity contribution in [3.63, 3.8) is 0 Å². The van der Waals surface area contributed by atoms with Gasteiger partial charge in [-0.05, 0) is 31.4 Å². The Morgan fingerprint density at radius 1 is 1.55 bits per heavy atom. The van der Waals surface area contributed by atoms with E-state index in [-0.39, 0.29) is 11.6 Å². The number of nitro benzene ring substituents is 1. The van der Waals surface area contributed by atoms with Crippen LogP contribution in [0, 0.1) is 17.0 Å². The van der Waals surface area contributed by atoms with Crippen LogP contribution in [0.15, 0.2) is 12.1 Å². The van der Waals surface area contributed by atoms with Gasteiger partial charge in [-0.1, -0.05) is 6.92 Å². The lowest BCUT2D eigenvalue weighted by Crippen LogP contribution is -2.18. The molecule has 0 aromatic heterocycles. The fourth-order valence-electron chi connectivity index (χ4n) is 1.78. The second-order valence-electron chi connectivity index (χ2n) is 4.35. The van der Waals surface area contributed by atoms with E-state index in [0.29, 0.717) is 30.8 Å². The van der Waals surface area contributed by atoms with Gasteiger partial charge in [0, 0.05) is 20.4 Å². The highest BCUT2D eigenvalue weighted by Gasteiger charge is 2.16. The number of carbonyl (C=O) groups excluding carboxylic acids is 1. The van der Waals surface area contributed by atoms with Gasteiger partial charge >= 0.3 is 0 Å². The third-order valence-corrected chi connectivity index (χ3v) is 2.92. The van der Waals surface area contributed by atoms with Crippen LogP contribution in [0.1, 0.15) is 32.3 Å². The highest BCUT2D eigenvalue weighted by molar-refractivity contribution is 5.75. The monoisotopic (exact) mass is 281 g/mol. The predicted molar refractivity (Wildman–Crippen MR) is 76.0 cm³/mol. The number of ether oxygens (including phenoxy) is 1. The summed E-state index contributed by atoms with van der Waals surface area (Å²) in [6.07, 6.45) is 0.203. The smallest absolute Gasteiger partial charge is 0.276 e. The van der Waals surface area contributed by atoms with Crippen LogP contribution in [0.3, 0.4) is 0 Å². The molecule has 6 heteroatoms. The number of hydrogen-bond acceptors (Lipinski definition) is 4. The average molecular weight is 281 g/mol. The first-order valence-corrected chi connectivity index (χ1v) is 6.41. The maximum absolute atomic E-state index is 11.1. The maximum Gasteiger partial charge on any atom is 0.276 e. The Balaban J connectivity index is 2.81. The van der Waals surface area contributed by atoms with E-state index >= 15 is 0 Å². The number of nitro groups is 1. The quantitative estimate of drug-likeness (QED) is 0.472. The molecule has 1 N–H and O–H groups in total. The summed E-state index contributed by atoms with van der Waals surface area (Å²) in [4.78, 5) is 21.6. The second-order valence-corrected chi connectivity index (χ2v) is 4.35. The number of hydrogen-bond donors (Lipinski definition) is 1. The molecule has 6 nitrogen and oxygen atoms in total. The summed E-state index contributed by atoms with van der Waals surface area (Å²) in [5.74, 6) is 0.350. The molecule has 0 spiro atoms. The second kappa shape index (κ2) is 7.47. The number of rotatable bonds is 7. The zero-order chi connectivity index (χ0) is 16.0. The van der Waals surface area contributed by atoms with Crippen LogP contribution in [0.4, 0.5) is 5.69 Å². The van der Waals surface area contributed by atoms with Crippen LogP contribution in [-0.2, 0) is 11.2 Å². The van der Waals surface area contributed by atoms with E-state index in [1.54, 1.807) is 27.0 Å². The van der Waals surface area contributed by atoms with Crippen molar-refractivity contribution in [1.82, 2.24) is 5.32 Å². The molecule has 0 radical (unpaired) electrons. The molecule has 0 aliphatic carbocycles. The molecular weight excluding hydrogens is 260 g/mol. The topological polar surface area (TPSA) is 81.5 Å². The Morgan fingerprint density at radius 2 is 2.25 bits per heavy atom. The van der Waals surface area contributed by atoms with E-state index in [4.69, 9.17) is 6.11 Å². The van der Waals surface area contributed by atoms with E-state index < -0.39 is 11.3 Å². The van der Waals surface area contributed by atoms with Crippen molar-refractivity contribution in [2.75, 3.05) is 13.7 Å². The molecule has 0 saturated heterocycles. The summed E-state index contributed by atoms with van der Waals surface area (Å²) in [5.41, 5.74) is 1.01. The predicted octanol–water partition coefficient (Wildman–Crippen LogP) is 2.37. The van der Waals surface area contributed by atoms with E-state index in [1.807, 2.05) is 0 Å². The zero-order valence-corrected chi connectivity index (χ0v) is 11.9. The summed E-state index contributed by atoms with van der Waals surface area (Å²) >= 11 is 0. The molecule has 0 fully saturated rings. The van der Waals surface area contributed by atoms with Crippen molar-refractivity contribution >= 4 is 11.6 Å². The molecule has 0 saturated carbocycles. The molecule has 1 rings (SSSR count). The zero-order valence-electron chi connectivity index (χ0n) is 12.9. The lowest BCUT2D eigenvalue weighted by molar-refractivity contribution is -0.385. The molecule has 0 aliphatic heterocycles. The molecule has 0 aliphatic rings. The molecule has 1 aromatic rings. The average Bonchev–Trinajstić information content (AvgIpc) is 2.43. The highest BCUT2D eigenvalue weighted by Crippen LogP contribution is 2.29. The maximum atomic E-state index is 11.1. The minimum atomic E-state index is -0.675. The first kappa shape index (κ1) is 14.3. The first-order valence-electron chi connectivity index (χ1n) is 6.99. The Morgan fingerprint density at radius 3 is 2.80 bits per heavy atom. The van der Waals surface area contributed by atoms with E-state index in [2.05, 4.69) is 5.32 Å². The fraction of sp³-hybridized carbons (Fsp3) is 0.500. The molecule has 110 valence electrons. The van der Waals surface area contributed by atoms with Crippen LogP contribution in [-0.4, -0.2) is 24.5 Å². The third-order valence-electron chi connectivity index (χ3n) is 2.92. The van der Waals surface area contributed by atoms with Gasteiger partial charge in [0.2, 0.25) is 5.91 Å². The van der Waals surface area contributed by atoms with Gasteiger partial charge in [0.1, 0.15) is 5.75 Å². The van der Waals surface area contributed by atoms with Crippen molar-refractivity contribution in [2.24, 2.45) is 0 Å². The number of carbonyl (C=O) groups is 1. The SMILES string of the molecule is [2H]C(C)c1cc(C)c(OCCCC(=O)NC)cc1[N+](=O)[O-]. The van der Waals surface area contributed by atoms with Crippen molar-refractivity contribution in [2.45, 2.75) is 33.1 Å². The Kier molecular flexibility index (Phi) is 5.34. The van der Waals surface area contributed by atoms with Gasteiger partial charge in [-0.25, -0.2) is 0 Å². The number of aryl methyl sites for hydroxylation is 2. The summed E-state index contributed by atoms with van der Waals surface area (Å²) in [6.45, 7) is 3.68. The Labute approximate surface area is 119 Å². The Bertz CT molecular complexity index is 532. The standard InChI is InChI=1S/C14H20N2O4/c1-4-11-8-10(2)13(9-12(11)16(18)19)20-7-5-6-14(17)15-3/h8-9H,4-7H2,1-3H3,(H,15,17)/i4D. The lowest BCUT2D eigenvalue weighted by atomic mass is 10.1.